The summed E-state index contributed by atoms with van der Waals surface area (Å²) in [7, 11) is 0. The molecular formula is C9H9BrO4S. The van der Waals surface area contributed by atoms with E-state index >= 15 is 0 Å². The van der Waals surface area contributed by atoms with Crippen LogP contribution in [0.1, 0.15) is 22.8 Å². The third-order valence-corrected chi connectivity index (χ3v) is 3.59. The molecule has 15 heavy (non-hydrogen) atoms. The van der Waals surface area contributed by atoms with Crippen LogP contribution in [0.4, 0.5) is 0 Å². The van der Waals surface area contributed by atoms with Crippen molar-refractivity contribution in [2.24, 2.45) is 0 Å². The first-order chi connectivity index (χ1) is 6.97. The number of carboxylic acid groups (broad SMARTS) is 1. The smallest absolute Gasteiger partial charge is 0.336 e. The van der Waals surface area contributed by atoms with Crippen molar-refractivity contribution in [1.29, 1.82) is 0 Å². The van der Waals surface area contributed by atoms with Crippen LogP contribution in [0.2, 0.25) is 0 Å². The van der Waals surface area contributed by atoms with Crippen LogP contribution in [0.25, 0.3) is 0 Å². The number of carboxylic acids is 1. The first kappa shape index (κ1) is 12.4. The van der Waals surface area contributed by atoms with E-state index in [9.17, 15) is 9.00 Å². The molecule has 0 heterocycles. The van der Waals surface area contributed by atoms with E-state index in [1.165, 1.54) is 6.07 Å². The van der Waals surface area contributed by atoms with E-state index in [-0.39, 0.29) is 10.5 Å². The van der Waals surface area contributed by atoms with Crippen molar-refractivity contribution in [3.8, 4) is 0 Å². The van der Waals surface area contributed by atoms with Crippen LogP contribution in [0.5, 0.6) is 0 Å². The average Bonchev–Trinajstić information content (AvgIpc) is 2.16. The fraction of sp³-hybridized carbons (Fsp3) is 0.222. The van der Waals surface area contributed by atoms with Gasteiger partial charge < -0.3 is 9.66 Å². The summed E-state index contributed by atoms with van der Waals surface area (Å²) in [5.74, 6) is -1.09. The topological polar surface area (TPSA) is 74.6 Å². The van der Waals surface area contributed by atoms with Gasteiger partial charge in [0.15, 0.2) is 11.1 Å². The Bertz CT molecular complexity index is 430. The van der Waals surface area contributed by atoms with Gasteiger partial charge in [-0.25, -0.2) is 9.00 Å². The van der Waals surface area contributed by atoms with Crippen molar-refractivity contribution < 1.29 is 18.7 Å². The van der Waals surface area contributed by atoms with Gasteiger partial charge in [-0.1, -0.05) is 6.92 Å². The van der Waals surface area contributed by atoms with Crippen LogP contribution in [0, 0.1) is 0 Å². The Kier molecular flexibility index (Phi) is 4.01. The zero-order valence-electron chi connectivity index (χ0n) is 7.86. The maximum Gasteiger partial charge on any atom is 0.336 e. The van der Waals surface area contributed by atoms with Crippen LogP contribution in [-0.2, 0) is 17.5 Å². The quantitative estimate of drug-likeness (QED) is 0.838. The lowest BCUT2D eigenvalue weighted by Gasteiger charge is -2.07. The average molecular weight is 293 g/mol. The SMILES string of the molecule is CCc1cc(Br)c(S(=O)O)cc1C(=O)O. The van der Waals surface area contributed by atoms with Crippen molar-refractivity contribution in [2.75, 3.05) is 0 Å². The molecule has 0 aromatic heterocycles. The molecule has 0 radical (unpaired) electrons. The van der Waals surface area contributed by atoms with Crippen molar-refractivity contribution >= 4 is 33.0 Å². The van der Waals surface area contributed by atoms with Gasteiger partial charge in [0.05, 0.1) is 10.5 Å². The lowest BCUT2D eigenvalue weighted by atomic mass is 10.1. The van der Waals surface area contributed by atoms with Gasteiger partial charge in [0.1, 0.15) is 0 Å². The van der Waals surface area contributed by atoms with E-state index in [0.29, 0.717) is 16.5 Å². The highest BCUT2D eigenvalue weighted by Gasteiger charge is 2.15. The summed E-state index contributed by atoms with van der Waals surface area (Å²) in [4.78, 5) is 10.9. The zero-order valence-corrected chi connectivity index (χ0v) is 10.3. The van der Waals surface area contributed by atoms with Crippen LogP contribution in [-0.4, -0.2) is 19.8 Å². The summed E-state index contributed by atoms with van der Waals surface area (Å²) >= 11 is 0.938. The summed E-state index contributed by atoms with van der Waals surface area (Å²) in [6, 6.07) is 2.79. The van der Waals surface area contributed by atoms with Crippen molar-refractivity contribution in [3.63, 3.8) is 0 Å². The number of rotatable bonds is 3. The number of hydrogen-bond donors (Lipinski definition) is 2. The molecule has 1 atom stereocenters. The first-order valence-electron chi connectivity index (χ1n) is 4.14. The lowest BCUT2D eigenvalue weighted by Crippen LogP contribution is -2.04. The Morgan fingerprint density at radius 2 is 2.13 bits per heavy atom. The molecule has 0 saturated heterocycles. The Labute approximate surface area is 97.7 Å². The molecule has 2 N–H and O–H groups in total. The van der Waals surface area contributed by atoms with Crippen molar-refractivity contribution in [1.82, 2.24) is 0 Å². The maximum absolute atomic E-state index is 10.9. The number of aryl methyl sites for hydroxylation is 1. The minimum atomic E-state index is -2.19. The third-order valence-electron chi connectivity index (χ3n) is 1.96. The predicted octanol–water partition coefficient (Wildman–Crippen LogP) is 2.29. The minimum Gasteiger partial charge on any atom is -0.478 e. The molecule has 0 aliphatic heterocycles. The van der Waals surface area contributed by atoms with Gasteiger partial charge in [-0.15, -0.1) is 0 Å². The molecule has 1 rings (SSSR count). The zero-order chi connectivity index (χ0) is 11.6. The van der Waals surface area contributed by atoms with Crippen molar-refractivity contribution in [2.45, 2.75) is 18.2 Å². The Morgan fingerprint density at radius 1 is 1.53 bits per heavy atom. The molecule has 0 amide bonds. The second-order valence-corrected chi connectivity index (χ2v) is 4.64. The number of carbonyl (C=O) groups is 1. The fourth-order valence-electron chi connectivity index (χ4n) is 1.22. The van der Waals surface area contributed by atoms with E-state index in [1.807, 2.05) is 6.92 Å². The highest BCUT2D eigenvalue weighted by atomic mass is 79.9. The summed E-state index contributed by atoms with van der Waals surface area (Å²) in [6.45, 7) is 1.82. The Balaban J connectivity index is 3.43. The summed E-state index contributed by atoms with van der Waals surface area (Å²) in [6.07, 6.45) is 0.554. The van der Waals surface area contributed by atoms with Crippen LogP contribution >= 0.6 is 15.9 Å². The van der Waals surface area contributed by atoms with Gasteiger partial charge in [-0.05, 0) is 40.0 Å². The molecule has 4 nitrogen and oxygen atoms in total. The van der Waals surface area contributed by atoms with E-state index in [2.05, 4.69) is 15.9 Å². The van der Waals surface area contributed by atoms with Gasteiger partial charge in [0, 0.05) is 4.47 Å². The van der Waals surface area contributed by atoms with Gasteiger partial charge >= 0.3 is 5.97 Å². The predicted molar refractivity (Wildman–Crippen MR) is 59.5 cm³/mol. The molecule has 0 aliphatic rings. The highest BCUT2D eigenvalue weighted by molar-refractivity contribution is 9.10. The molecule has 1 aromatic rings. The Morgan fingerprint density at radius 3 is 2.53 bits per heavy atom. The Hall–Kier alpha value is -0.720. The van der Waals surface area contributed by atoms with Gasteiger partial charge in [0.25, 0.3) is 0 Å². The second kappa shape index (κ2) is 4.87. The standard InChI is InChI=1S/C9H9BrO4S/c1-2-5-3-7(10)8(15(13)14)4-6(5)9(11)12/h3-4H,2H2,1H3,(H,11,12)(H,13,14). The van der Waals surface area contributed by atoms with E-state index < -0.39 is 17.0 Å². The molecule has 1 unspecified atom stereocenters. The van der Waals surface area contributed by atoms with Gasteiger partial charge in [-0.2, -0.15) is 0 Å². The summed E-state index contributed by atoms with van der Waals surface area (Å²) in [5.41, 5.74) is 0.696. The molecule has 82 valence electrons. The molecule has 0 spiro atoms. The number of aromatic carboxylic acids is 1. The number of benzene rings is 1. The highest BCUT2D eigenvalue weighted by Crippen LogP contribution is 2.25. The molecule has 0 saturated carbocycles. The second-order valence-electron chi connectivity index (χ2n) is 2.85. The monoisotopic (exact) mass is 292 g/mol. The summed E-state index contributed by atoms with van der Waals surface area (Å²) < 4.78 is 20.3. The van der Waals surface area contributed by atoms with Gasteiger partial charge in [0.2, 0.25) is 0 Å². The lowest BCUT2D eigenvalue weighted by molar-refractivity contribution is 0.0695. The van der Waals surface area contributed by atoms with Gasteiger partial charge in [-0.3, -0.25) is 0 Å². The summed E-state index contributed by atoms with van der Waals surface area (Å²) in [5, 5.41) is 8.90. The molecule has 0 aliphatic carbocycles. The van der Waals surface area contributed by atoms with Crippen LogP contribution in [0.3, 0.4) is 0 Å². The molecule has 0 fully saturated rings. The molecular weight excluding hydrogens is 284 g/mol. The number of halogens is 1. The van der Waals surface area contributed by atoms with Crippen molar-refractivity contribution in [3.05, 3.63) is 27.7 Å². The molecule has 0 bridgehead atoms. The largest absolute Gasteiger partial charge is 0.478 e. The minimum absolute atomic E-state index is 0.0677. The fourth-order valence-corrected chi connectivity index (χ4v) is 2.47. The first-order valence-corrected chi connectivity index (χ1v) is 6.04. The van der Waals surface area contributed by atoms with E-state index in [4.69, 9.17) is 9.66 Å². The third kappa shape index (κ3) is 2.64. The molecule has 6 heteroatoms. The molecule has 1 aromatic carbocycles. The number of hydrogen-bond acceptors (Lipinski definition) is 2. The van der Waals surface area contributed by atoms with E-state index in [0.717, 1.165) is 0 Å². The van der Waals surface area contributed by atoms with Crippen LogP contribution in [0.15, 0.2) is 21.5 Å². The van der Waals surface area contributed by atoms with Crippen LogP contribution < -0.4 is 0 Å². The van der Waals surface area contributed by atoms with E-state index in [1.54, 1.807) is 6.07 Å². The normalized spacial score (nSPS) is 12.5. The maximum atomic E-state index is 10.9.